The van der Waals surface area contributed by atoms with Crippen molar-refractivity contribution in [1.82, 2.24) is 10.6 Å². The fourth-order valence-electron chi connectivity index (χ4n) is 3.18. The minimum atomic E-state index is -0.511. The molecule has 5 nitrogen and oxygen atoms in total. The zero-order valence-electron chi connectivity index (χ0n) is 14.7. The maximum atomic E-state index is 12.5. The van der Waals surface area contributed by atoms with E-state index in [0.29, 0.717) is 18.9 Å². The van der Waals surface area contributed by atoms with Crippen LogP contribution in [-0.2, 0) is 20.7 Å². The van der Waals surface area contributed by atoms with Crippen LogP contribution in [0, 0.1) is 0 Å². The first-order chi connectivity index (χ1) is 12.2. The molecule has 1 aromatic rings. The highest BCUT2D eigenvalue weighted by molar-refractivity contribution is 5.88. The van der Waals surface area contributed by atoms with Crippen molar-refractivity contribution >= 4 is 11.8 Å². The zero-order chi connectivity index (χ0) is 17.5. The lowest BCUT2D eigenvalue weighted by atomic mass is 10.0. The molecule has 0 spiro atoms. The van der Waals surface area contributed by atoms with E-state index >= 15 is 0 Å². The van der Waals surface area contributed by atoms with E-state index in [4.69, 9.17) is 4.74 Å². The van der Waals surface area contributed by atoms with E-state index in [-0.39, 0.29) is 17.9 Å². The molecular formula is C20H28N2O3. The number of ether oxygens (including phenoxy) is 1. The summed E-state index contributed by atoms with van der Waals surface area (Å²) in [7, 11) is 0. The zero-order valence-corrected chi connectivity index (χ0v) is 14.7. The Morgan fingerprint density at radius 2 is 1.92 bits per heavy atom. The van der Waals surface area contributed by atoms with Gasteiger partial charge in [-0.25, -0.2) is 0 Å². The highest BCUT2D eigenvalue weighted by atomic mass is 16.5. The number of amides is 2. The summed E-state index contributed by atoms with van der Waals surface area (Å²) in [6.45, 7) is 0.798. The van der Waals surface area contributed by atoms with E-state index in [0.717, 1.165) is 44.3 Å². The van der Waals surface area contributed by atoms with Crippen LogP contribution in [0.5, 0.6) is 0 Å². The van der Waals surface area contributed by atoms with Crippen LogP contribution >= 0.6 is 0 Å². The van der Waals surface area contributed by atoms with E-state index in [2.05, 4.69) is 10.6 Å². The van der Waals surface area contributed by atoms with Crippen molar-refractivity contribution in [2.75, 3.05) is 6.61 Å². The molecule has 0 radical (unpaired) electrons. The van der Waals surface area contributed by atoms with Gasteiger partial charge in [0.1, 0.15) is 6.04 Å². The van der Waals surface area contributed by atoms with Crippen LogP contribution in [0.1, 0.15) is 50.5 Å². The predicted octanol–water partition coefficient (Wildman–Crippen LogP) is 2.34. The molecule has 0 aromatic heterocycles. The number of carbonyl (C=O) groups is 2. The first kappa shape index (κ1) is 17.9. The van der Waals surface area contributed by atoms with Gasteiger partial charge in [-0.05, 0) is 44.1 Å². The Balaban J connectivity index is 1.52. The number of carbonyl (C=O) groups excluding carboxylic acids is 2. The minimum absolute atomic E-state index is 0.0685. The molecule has 3 rings (SSSR count). The average Bonchev–Trinajstić information content (AvgIpc) is 3.45. The first-order valence-corrected chi connectivity index (χ1v) is 9.46. The number of benzene rings is 1. The number of rotatable bonds is 8. The van der Waals surface area contributed by atoms with Crippen molar-refractivity contribution in [1.29, 1.82) is 0 Å². The van der Waals surface area contributed by atoms with Gasteiger partial charge in [0.2, 0.25) is 11.8 Å². The Morgan fingerprint density at radius 1 is 1.12 bits per heavy atom. The summed E-state index contributed by atoms with van der Waals surface area (Å²) in [6, 6.07) is 9.60. The molecule has 2 atom stereocenters. The van der Waals surface area contributed by atoms with Crippen LogP contribution in [0.2, 0.25) is 0 Å². The second kappa shape index (κ2) is 8.99. The molecule has 1 aromatic carbocycles. The molecule has 2 aliphatic rings. The third-order valence-corrected chi connectivity index (χ3v) is 4.83. The molecule has 25 heavy (non-hydrogen) atoms. The summed E-state index contributed by atoms with van der Waals surface area (Å²) < 4.78 is 5.68. The van der Waals surface area contributed by atoms with Gasteiger partial charge in [0.15, 0.2) is 0 Å². The second-order valence-electron chi connectivity index (χ2n) is 7.12. The molecule has 2 N–H and O–H groups in total. The van der Waals surface area contributed by atoms with Gasteiger partial charge < -0.3 is 15.4 Å². The van der Waals surface area contributed by atoms with E-state index < -0.39 is 6.04 Å². The Kier molecular flexibility index (Phi) is 6.45. The van der Waals surface area contributed by atoms with Gasteiger partial charge in [0, 0.05) is 25.5 Å². The molecular weight excluding hydrogens is 316 g/mol. The maximum absolute atomic E-state index is 12.5. The Bertz CT molecular complexity index is 566. The lowest BCUT2D eigenvalue weighted by Crippen LogP contribution is -2.48. The van der Waals surface area contributed by atoms with Crippen molar-refractivity contribution in [2.24, 2.45) is 0 Å². The van der Waals surface area contributed by atoms with Gasteiger partial charge in [-0.1, -0.05) is 30.3 Å². The quantitative estimate of drug-likeness (QED) is 0.761. The van der Waals surface area contributed by atoms with E-state index in [9.17, 15) is 9.59 Å². The van der Waals surface area contributed by atoms with Gasteiger partial charge in [-0.15, -0.1) is 0 Å². The second-order valence-corrected chi connectivity index (χ2v) is 7.12. The Hall–Kier alpha value is -1.88. The molecule has 2 fully saturated rings. The third-order valence-electron chi connectivity index (χ3n) is 4.83. The molecule has 5 heteroatoms. The molecule has 0 bridgehead atoms. The summed E-state index contributed by atoms with van der Waals surface area (Å²) in [4.78, 5) is 24.8. The fraction of sp³-hybridized carbons (Fsp3) is 0.600. The van der Waals surface area contributed by atoms with Gasteiger partial charge in [0.25, 0.3) is 0 Å². The Labute approximate surface area is 149 Å². The van der Waals surface area contributed by atoms with E-state index in [1.165, 1.54) is 6.42 Å². The molecule has 1 heterocycles. The van der Waals surface area contributed by atoms with Crippen LogP contribution in [0.3, 0.4) is 0 Å². The molecule has 1 aliphatic heterocycles. The summed E-state index contributed by atoms with van der Waals surface area (Å²) in [5, 5.41) is 5.94. The molecule has 1 saturated heterocycles. The van der Waals surface area contributed by atoms with E-state index in [1.807, 2.05) is 30.3 Å². The van der Waals surface area contributed by atoms with Crippen molar-refractivity contribution in [3.05, 3.63) is 35.9 Å². The molecule has 0 unspecified atom stereocenters. The first-order valence-electron chi connectivity index (χ1n) is 9.46. The molecule has 2 amide bonds. The van der Waals surface area contributed by atoms with Crippen molar-refractivity contribution in [3.63, 3.8) is 0 Å². The largest absolute Gasteiger partial charge is 0.378 e. The van der Waals surface area contributed by atoms with Gasteiger partial charge in [-0.2, -0.15) is 0 Å². The standard InChI is InChI=1S/C20H28N2O3/c23-19(12-11-17-8-4-5-13-25-17)22-18(20(24)21-16-9-10-16)14-15-6-2-1-3-7-15/h1-3,6-7,16-18H,4-5,8-14H2,(H,21,24)(H,22,23)/t17-,18+/m0/s1. The fourth-order valence-corrected chi connectivity index (χ4v) is 3.18. The van der Waals surface area contributed by atoms with Crippen molar-refractivity contribution in [3.8, 4) is 0 Å². The van der Waals surface area contributed by atoms with Crippen molar-refractivity contribution < 1.29 is 14.3 Å². The predicted molar refractivity (Wildman–Crippen MR) is 96.1 cm³/mol. The van der Waals surface area contributed by atoms with Crippen LogP contribution in [0.4, 0.5) is 0 Å². The van der Waals surface area contributed by atoms with Crippen LogP contribution < -0.4 is 10.6 Å². The number of hydrogen-bond acceptors (Lipinski definition) is 3. The van der Waals surface area contributed by atoms with Gasteiger partial charge in [-0.3, -0.25) is 9.59 Å². The summed E-state index contributed by atoms with van der Waals surface area (Å²) >= 11 is 0. The Morgan fingerprint density at radius 3 is 2.60 bits per heavy atom. The molecule has 1 aliphatic carbocycles. The van der Waals surface area contributed by atoms with Crippen molar-refractivity contribution in [2.45, 2.75) is 69.6 Å². The maximum Gasteiger partial charge on any atom is 0.243 e. The summed E-state index contributed by atoms with van der Waals surface area (Å²) in [6.07, 6.45) is 7.24. The van der Waals surface area contributed by atoms with Gasteiger partial charge >= 0.3 is 0 Å². The number of hydrogen-bond donors (Lipinski definition) is 2. The molecule has 1 saturated carbocycles. The lowest BCUT2D eigenvalue weighted by Gasteiger charge is -2.23. The SMILES string of the molecule is O=C(CC[C@@H]1CCCCO1)N[C@H](Cc1ccccc1)C(=O)NC1CC1. The normalized spacial score (nSPS) is 21.4. The highest BCUT2D eigenvalue weighted by Gasteiger charge is 2.28. The van der Waals surface area contributed by atoms with Crippen LogP contribution in [-0.4, -0.2) is 36.6 Å². The highest BCUT2D eigenvalue weighted by Crippen LogP contribution is 2.19. The smallest absolute Gasteiger partial charge is 0.243 e. The lowest BCUT2D eigenvalue weighted by molar-refractivity contribution is -0.129. The topological polar surface area (TPSA) is 67.4 Å². The number of nitrogens with one attached hydrogen (secondary N) is 2. The molecule has 136 valence electrons. The van der Waals surface area contributed by atoms with Gasteiger partial charge in [0.05, 0.1) is 6.10 Å². The monoisotopic (exact) mass is 344 g/mol. The minimum Gasteiger partial charge on any atom is -0.378 e. The van der Waals surface area contributed by atoms with Crippen LogP contribution in [0.15, 0.2) is 30.3 Å². The van der Waals surface area contributed by atoms with Crippen LogP contribution in [0.25, 0.3) is 0 Å². The summed E-state index contributed by atoms with van der Waals surface area (Å²) in [5.74, 6) is -0.144. The third kappa shape index (κ3) is 6.16. The summed E-state index contributed by atoms with van der Waals surface area (Å²) in [5.41, 5.74) is 1.05. The van der Waals surface area contributed by atoms with E-state index in [1.54, 1.807) is 0 Å². The average molecular weight is 344 g/mol.